The fraction of sp³-hybridized carbons (Fsp3) is 0.579. The van der Waals surface area contributed by atoms with Crippen LogP contribution >= 0.6 is 7.82 Å². The number of phosphoric ester groups is 1. The van der Waals surface area contributed by atoms with Crippen LogP contribution in [0.1, 0.15) is 37.3 Å². The number of nitrogens with one attached hydrogen (secondary N) is 1. The highest BCUT2D eigenvalue weighted by Crippen LogP contribution is 2.46. The molecule has 2 aromatic heterocycles. The molecule has 2 aliphatic rings. The molecular formula is C19H25N8O11P. The SMILES string of the molecule is Cc1cn([C@H]2C[C@@](O)(N=[N+]=[N-])[C@@H](C(O)C(OP(=O)(O)O)[C@@H]3CC[C@H](n4ccc(N)nc4=O)O3)O2)c(=O)[nH]c1=O. The molecule has 20 heteroatoms. The van der Waals surface area contributed by atoms with Gasteiger partial charge in [0.05, 0.1) is 6.10 Å². The molecule has 19 nitrogen and oxygen atoms in total. The van der Waals surface area contributed by atoms with Gasteiger partial charge in [-0.25, -0.2) is 14.2 Å². The quantitative estimate of drug-likeness (QED) is 0.0908. The van der Waals surface area contributed by atoms with Crippen molar-refractivity contribution in [3.05, 3.63) is 65.8 Å². The standard InChI is InChI=1S/C19H25N8O11P/c1-8-7-27(18(31)23-16(8)29)12-6-19(32,24-25-21)15(37-12)13(28)14(38-39(33,34)35)9-2-3-11(36-9)26-5-4-10(20)22-17(26)30/h4-5,7,9,11-15,28,32H,2-3,6H2,1H3,(H2,20,22,30)(H,23,29,31)(H2,33,34,35)/t9-,11+,12+,13?,14?,15+,19-/m0/s1. The number of aliphatic hydroxyl groups excluding tert-OH is 1. The van der Waals surface area contributed by atoms with Crippen molar-refractivity contribution in [3.63, 3.8) is 0 Å². The van der Waals surface area contributed by atoms with Crippen LogP contribution < -0.4 is 22.7 Å². The van der Waals surface area contributed by atoms with Crippen LogP contribution in [0, 0.1) is 6.92 Å². The van der Waals surface area contributed by atoms with Crippen molar-refractivity contribution in [1.82, 2.24) is 19.1 Å². The predicted molar refractivity (Wildman–Crippen MR) is 128 cm³/mol. The molecule has 0 amide bonds. The predicted octanol–water partition coefficient (Wildman–Crippen LogP) is -1.51. The zero-order valence-electron chi connectivity index (χ0n) is 20.2. The third kappa shape index (κ3) is 5.96. The molecule has 0 radical (unpaired) electrons. The Bertz CT molecular complexity index is 1510. The number of aromatic nitrogens is 4. The third-order valence-electron chi connectivity index (χ3n) is 6.37. The molecule has 0 aliphatic carbocycles. The molecule has 0 saturated carbocycles. The molecule has 7 atom stereocenters. The van der Waals surface area contributed by atoms with Crippen LogP contribution in [0.15, 0.2) is 38.0 Å². The maximum atomic E-state index is 12.4. The number of nitrogens with zero attached hydrogens (tertiary/aromatic N) is 6. The molecule has 4 heterocycles. The minimum Gasteiger partial charge on any atom is -0.387 e. The Morgan fingerprint density at radius 2 is 2.03 bits per heavy atom. The van der Waals surface area contributed by atoms with Gasteiger partial charge in [0, 0.05) is 29.3 Å². The summed E-state index contributed by atoms with van der Waals surface area (Å²) in [6.07, 6.45) is -7.51. The molecule has 212 valence electrons. The molecule has 0 spiro atoms. The monoisotopic (exact) mass is 572 g/mol. The van der Waals surface area contributed by atoms with Crippen LogP contribution in [-0.2, 0) is 18.6 Å². The molecule has 2 saturated heterocycles. The summed E-state index contributed by atoms with van der Waals surface area (Å²) in [6.45, 7) is 1.40. The van der Waals surface area contributed by atoms with Crippen molar-refractivity contribution in [2.45, 2.75) is 68.8 Å². The molecule has 0 bridgehead atoms. The van der Waals surface area contributed by atoms with Crippen molar-refractivity contribution in [1.29, 1.82) is 0 Å². The Balaban J connectivity index is 1.66. The lowest BCUT2D eigenvalue weighted by molar-refractivity contribution is -0.169. The van der Waals surface area contributed by atoms with Crippen molar-refractivity contribution in [3.8, 4) is 0 Å². The molecule has 2 aliphatic heterocycles. The molecule has 4 rings (SSSR count). The Morgan fingerprint density at radius 1 is 1.31 bits per heavy atom. The van der Waals surface area contributed by atoms with Gasteiger partial charge in [0.15, 0.2) is 5.72 Å². The minimum atomic E-state index is -5.30. The van der Waals surface area contributed by atoms with Crippen molar-refractivity contribution < 1.29 is 38.6 Å². The van der Waals surface area contributed by atoms with Gasteiger partial charge in [-0.2, -0.15) is 4.98 Å². The van der Waals surface area contributed by atoms with Crippen molar-refractivity contribution in [2.75, 3.05) is 5.73 Å². The number of hydrogen-bond acceptors (Lipinski definition) is 12. The number of nitrogen functional groups attached to an aromatic ring is 1. The van der Waals surface area contributed by atoms with E-state index in [-0.39, 0.29) is 24.2 Å². The average molecular weight is 572 g/mol. The number of azide groups is 1. The lowest BCUT2D eigenvalue weighted by atomic mass is 9.94. The normalized spacial score (nSPS) is 28.6. The van der Waals surface area contributed by atoms with E-state index in [1.165, 1.54) is 19.2 Å². The highest BCUT2D eigenvalue weighted by atomic mass is 31.2. The number of H-pyrrole nitrogens is 1. The van der Waals surface area contributed by atoms with Gasteiger partial charge in [0.1, 0.15) is 36.6 Å². The van der Waals surface area contributed by atoms with Gasteiger partial charge < -0.3 is 35.2 Å². The first-order chi connectivity index (χ1) is 18.2. The summed E-state index contributed by atoms with van der Waals surface area (Å²) in [5.74, 6) is -0.0361. The molecule has 2 aromatic rings. The first kappa shape index (κ1) is 28.6. The van der Waals surface area contributed by atoms with Crippen LogP contribution in [0.3, 0.4) is 0 Å². The van der Waals surface area contributed by atoms with Crippen LogP contribution in [0.4, 0.5) is 5.82 Å². The molecule has 2 fully saturated rings. The van der Waals surface area contributed by atoms with Crippen LogP contribution in [0.2, 0.25) is 0 Å². The Labute approximate surface area is 217 Å². The molecule has 2 unspecified atom stereocenters. The van der Waals surface area contributed by atoms with Crippen LogP contribution in [-0.4, -0.2) is 69.2 Å². The summed E-state index contributed by atoms with van der Waals surface area (Å²) in [7, 11) is -5.30. The second-order valence-electron chi connectivity index (χ2n) is 9.06. The topological polar surface area (TPSA) is 290 Å². The van der Waals surface area contributed by atoms with E-state index in [4.69, 9.17) is 25.3 Å². The second kappa shape index (κ2) is 10.6. The number of anilines is 1. The highest BCUT2D eigenvalue weighted by molar-refractivity contribution is 7.46. The zero-order valence-corrected chi connectivity index (χ0v) is 21.1. The summed E-state index contributed by atoms with van der Waals surface area (Å²) in [5.41, 5.74) is 9.76. The zero-order chi connectivity index (χ0) is 28.7. The van der Waals surface area contributed by atoms with Crippen molar-refractivity contribution >= 4 is 13.6 Å². The number of rotatable bonds is 8. The summed E-state index contributed by atoms with van der Waals surface area (Å²) in [5, 5.41) is 25.6. The van der Waals surface area contributed by atoms with Gasteiger partial charge in [-0.05, 0) is 31.4 Å². The number of hydrogen-bond donors (Lipinski definition) is 6. The molecular weight excluding hydrogens is 547 g/mol. The third-order valence-corrected chi connectivity index (χ3v) is 6.89. The van der Waals surface area contributed by atoms with Gasteiger partial charge in [-0.3, -0.25) is 23.4 Å². The maximum Gasteiger partial charge on any atom is 0.470 e. The minimum absolute atomic E-state index is 0.0118. The lowest BCUT2D eigenvalue weighted by Gasteiger charge is -2.34. The highest BCUT2D eigenvalue weighted by Gasteiger charge is 2.56. The van der Waals surface area contributed by atoms with E-state index in [2.05, 4.69) is 20.0 Å². The summed E-state index contributed by atoms with van der Waals surface area (Å²) in [4.78, 5) is 63.6. The summed E-state index contributed by atoms with van der Waals surface area (Å²) < 4.78 is 30.0. The van der Waals surface area contributed by atoms with Crippen LogP contribution in [0.5, 0.6) is 0 Å². The van der Waals surface area contributed by atoms with E-state index >= 15 is 0 Å². The second-order valence-corrected chi connectivity index (χ2v) is 10.3. The number of nitrogens with two attached hydrogens (primary N) is 1. The van der Waals surface area contributed by atoms with Gasteiger partial charge in [-0.15, -0.1) is 0 Å². The number of aliphatic hydroxyl groups is 2. The van der Waals surface area contributed by atoms with E-state index in [1.54, 1.807) is 0 Å². The van der Waals surface area contributed by atoms with Crippen molar-refractivity contribution in [2.24, 2.45) is 5.11 Å². The Kier molecular flexibility index (Phi) is 7.82. The largest absolute Gasteiger partial charge is 0.470 e. The molecule has 39 heavy (non-hydrogen) atoms. The van der Waals surface area contributed by atoms with Gasteiger partial charge >= 0.3 is 19.2 Å². The van der Waals surface area contributed by atoms with Gasteiger partial charge in [-0.1, -0.05) is 5.11 Å². The van der Waals surface area contributed by atoms with E-state index < -0.39 is 73.8 Å². The Hall–Kier alpha value is -3.38. The molecule has 0 aromatic carbocycles. The van der Waals surface area contributed by atoms with Crippen LogP contribution in [0.25, 0.3) is 10.4 Å². The van der Waals surface area contributed by atoms with E-state index in [9.17, 15) is 38.9 Å². The number of aromatic amines is 1. The smallest absolute Gasteiger partial charge is 0.387 e. The van der Waals surface area contributed by atoms with Gasteiger partial charge in [0.2, 0.25) is 0 Å². The Morgan fingerprint density at radius 3 is 2.67 bits per heavy atom. The maximum absolute atomic E-state index is 12.4. The molecule has 7 N–H and O–H groups in total. The summed E-state index contributed by atoms with van der Waals surface area (Å²) in [6, 6.07) is 1.34. The lowest BCUT2D eigenvalue weighted by Crippen LogP contribution is -2.53. The van der Waals surface area contributed by atoms with E-state index in [0.717, 1.165) is 15.3 Å². The summed E-state index contributed by atoms with van der Waals surface area (Å²) >= 11 is 0. The first-order valence-electron chi connectivity index (χ1n) is 11.4. The van der Waals surface area contributed by atoms with Gasteiger partial charge in [0.25, 0.3) is 5.56 Å². The average Bonchev–Trinajstić information content (AvgIpc) is 3.44. The van der Waals surface area contributed by atoms with E-state index in [1.807, 2.05) is 0 Å². The fourth-order valence-electron chi connectivity index (χ4n) is 4.61. The first-order valence-corrected chi connectivity index (χ1v) is 12.9. The van der Waals surface area contributed by atoms with E-state index in [0.29, 0.717) is 0 Å². The number of ether oxygens (including phenoxy) is 2. The number of aryl methyl sites for hydroxylation is 1. The fourth-order valence-corrected chi connectivity index (χ4v) is 5.19. The number of phosphoric acid groups is 1.